The fraction of sp³-hybridized carbons (Fsp3) is 0.231. The van der Waals surface area contributed by atoms with E-state index in [4.69, 9.17) is 5.73 Å². The van der Waals surface area contributed by atoms with E-state index in [0.29, 0.717) is 28.1 Å². The highest BCUT2D eigenvalue weighted by Gasteiger charge is 2.40. The first-order valence-corrected chi connectivity index (χ1v) is 12.3. The monoisotopic (exact) mass is 589 g/mol. The van der Waals surface area contributed by atoms with Gasteiger partial charge in [-0.05, 0) is 29.8 Å². The summed E-state index contributed by atoms with van der Waals surface area (Å²) in [5.74, 6) is -5.33. The largest absolute Gasteiger partial charge is 0.573 e. The number of rotatable bonds is 7. The summed E-state index contributed by atoms with van der Waals surface area (Å²) in [5.41, 5.74) is 6.35. The zero-order valence-corrected chi connectivity index (χ0v) is 21.3. The third-order valence-electron chi connectivity index (χ3n) is 6.48. The Morgan fingerprint density at radius 3 is 2.52 bits per heavy atom. The van der Waals surface area contributed by atoms with Crippen LogP contribution in [0.25, 0.3) is 22.0 Å². The standard InChI is InChI=1S/C26H20F5N7O4/c27-15-7-19(25(41)35-17-2-1-3-20(22(17)28)42-26(29,30)31)37(10-15)21(39)11-38-18-5-4-13(14-8-33-12-34-9-14)6-16(18)23(36-38)24(32)40/h1-6,8-9,12,15,19H,7,10-11H2,(H2,32,40)(H,35,41)/t15-,19+/m1/s1. The lowest BCUT2D eigenvalue weighted by Crippen LogP contribution is -2.44. The number of nitrogens with zero attached hydrogens (tertiary/aromatic N) is 5. The molecule has 1 aliphatic rings. The van der Waals surface area contributed by atoms with E-state index < -0.39 is 73.1 Å². The number of alkyl halides is 4. The summed E-state index contributed by atoms with van der Waals surface area (Å²) in [7, 11) is 0. The maximum atomic E-state index is 14.6. The first-order chi connectivity index (χ1) is 19.9. The molecular formula is C26H20F5N7O4. The molecule has 1 saturated heterocycles. The van der Waals surface area contributed by atoms with Crippen LogP contribution in [0.1, 0.15) is 16.9 Å². The summed E-state index contributed by atoms with van der Waals surface area (Å²) in [4.78, 5) is 47.2. The smallest absolute Gasteiger partial charge is 0.403 e. The van der Waals surface area contributed by atoms with Crippen molar-refractivity contribution in [3.05, 3.63) is 66.6 Å². The molecule has 3 amide bonds. The van der Waals surface area contributed by atoms with Crippen molar-refractivity contribution in [2.45, 2.75) is 31.5 Å². The predicted octanol–water partition coefficient (Wildman–Crippen LogP) is 3.21. The average molecular weight is 589 g/mol. The van der Waals surface area contributed by atoms with Crippen LogP contribution in [0.2, 0.25) is 0 Å². The fourth-order valence-corrected chi connectivity index (χ4v) is 4.66. The van der Waals surface area contributed by atoms with Gasteiger partial charge in [0.05, 0.1) is 17.7 Å². The van der Waals surface area contributed by atoms with Crippen molar-refractivity contribution >= 4 is 34.3 Å². The average Bonchev–Trinajstić information content (AvgIpc) is 3.51. The second-order valence-corrected chi connectivity index (χ2v) is 9.28. The summed E-state index contributed by atoms with van der Waals surface area (Å²) in [6, 6.07) is 6.20. The van der Waals surface area contributed by atoms with E-state index in [1.54, 1.807) is 30.6 Å². The van der Waals surface area contributed by atoms with Crippen LogP contribution in [0.4, 0.5) is 27.6 Å². The molecule has 3 heterocycles. The Balaban J connectivity index is 1.38. The van der Waals surface area contributed by atoms with E-state index >= 15 is 0 Å². The van der Waals surface area contributed by atoms with Gasteiger partial charge in [-0.3, -0.25) is 19.1 Å². The van der Waals surface area contributed by atoms with Gasteiger partial charge in [-0.1, -0.05) is 12.1 Å². The minimum absolute atomic E-state index is 0.132. The quantitative estimate of drug-likeness (QED) is 0.315. The van der Waals surface area contributed by atoms with Crippen molar-refractivity contribution in [2.75, 3.05) is 11.9 Å². The summed E-state index contributed by atoms with van der Waals surface area (Å²) in [5, 5.41) is 6.58. The summed E-state index contributed by atoms with van der Waals surface area (Å²) in [6.07, 6.45) is -2.76. The highest BCUT2D eigenvalue weighted by Crippen LogP contribution is 2.31. The van der Waals surface area contributed by atoms with Gasteiger partial charge < -0.3 is 20.7 Å². The molecule has 2 atom stereocenters. The number of primary amides is 1. The molecular weight excluding hydrogens is 569 g/mol. The van der Waals surface area contributed by atoms with Crippen molar-refractivity contribution in [3.63, 3.8) is 0 Å². The molecule has 0 aliphatic carbocycles. The van der Waals surface area contributed by atoms with Gasteiger partial charge in [0.25, 0.3) is 5.91 Å². The van der Waals surface area contributed by atoms with Crippen molar-refractivity contribution in [1.29, 1.82) is 0 Å². The topological polar surface area (TPSA) is 145 Å². The molecule has 1 aliphatic heterocycles. The fourth-order valence-electron chi connectivity index (χ4n) is 4.66. The first-order valence-electron chi connectivity index (χ1n) is 12.3. The molecule has 0 spiro atoms. The third kappa shape index (κ3) is 5.82. The predicted molar refractivity (Wildman–Crippen MR) is 136 cm³/mol. The zero-order chi connectivity index (χ0) is 30.2. The minimum Gasteiger partial charge on any atom is -0.403 e. The molecule has 0 radical (unpaired) electrons. The van der Waals surface area contributed by atoms with Gasteiger partial charge >= 0.3 is 6.36 Å². The second-order valence-electron chi connectivity index (χ2n) is 9.28. The number of fused-ring (bicyclic) bond motifs is 1. The summed E-state index contributed by atoms with van der Waals surface area (Å²) < 4.78 is 71.5. The first kappa shape index (κ1) is 28.4. The van der Waals surface area contributed by atoms with E-state index in [9.17, 15) is 36.3 Å². The third-order valence-corrected chi connectivity index (χ3v) is 6.48. The number of benzene rings is 2. The molecule has 16 heteroatoms. The van der Waals surface area contributed by atoms with Gasteiger partial charge in [0.2, 0.25) is 11.8 Å². The summed E-state index contributed by atoms with van der Waals surface area (Å²) in [6.45, 7) is -0.992. The van der Waals surface area contributed by atoms with E-state index in [1.165, 1.54) is 11.0 Å². The highest BCUT2D eigenvalue weighted by atomic mass is 19.4. The van der Waals surface area contributed by atoms with Crippen LogP contribution in [-0.2, 0) is 16.1 Å². The number of amides is 3. The lowest BCUT2D eigenvalue weighted by molar-refractivity contribution is -0.275. The molecule has 5 rings (SSSR count). The SMILES string of the molecule is NC(=O)c1nn(CC(=O)N2C[C@H](F)C[C@H]2C(=O)Nc2cccc(OC(F)(F)F)c2F)c2ccc(-c3cncnc3)cc12. The molecule has 3 N–H and O–H groups in total. The van der Waals surface area contributed by atoms with Crippen LogP contribution in [0, 0.1) is 5.82 Å². The van der Waals surface area contributed by atoms with Crippen LogP contribution in [-0.4, -0.2) is 67.5 Å². The maximum Gasteiger partial charge on any atom is 0.573 e. The van der Waals surface area contributed by atoms with Crippen LogP contribution in [0.15, 0.2) is 55.1 Å². The number of likely N-dealkylation sites (tertiary alicyclic amines) is 1. The Labute approximate surface area is 233 Å². The maximum absolute atomic E-state index is 14.6. The summed E-state index contributed by atoms with van der Waals surface area (Å²) >= 11 is 0. The van der Waals surface area contributed by atoms with E-state index in [-0.39, 0.29) is 5.69 Å². The number of hydrogen-bond donors (Lipinski definition) is 2. The minimum atomic E-state index is -5.18. The number of carbonyl (C=O) groups is 3. The normalized spacial score (nSPS) is 16.9. The Hall–Kier alpha value is -5.15. The van der Waals surface area contributed by atoms with E-state index in [0.717, 1.165) is 17.0 Å². The molecule has 2 aromatic carbocycles. The number of aromatic nitrogens is 4. The molecule has 218 valence electrons. The zero-order valence-electron chi connectivity index (χ0n) is 21.3. The van der Waals surface area contributed by atoms with Gasteiger partial charge in [0.1, 0.15) is 25.1 Å². The molecule has 4 aromatic rings. The second kappa shape index (κ2) is 11.0. The molecule has 1 fully saturated rings. The molecule has 11 nitrogen and oxygen atoms in total. The molecule has 0 bridgehead atoms. The molecule has 0 saturated carbocycles. The number of carbonyl (C=O) groups excluding carboxylic acids is 3. The highest BCUT2D eigenvalue weighted by molar-refractivity contribution is 6.05. The lowest BCUT2D eigenvalue weighted by atomic mass is 10.1. The van der Waals surface area contributed by atoms with Gasteiger partial charge in [-0.2, -0.15) is 5.10 Å². The van der Waals surface area contributed by atoms with Gasteiger partial charge in [-0.25, -0.2) is 18.7 Å². The number of halogens is 5. The van der Waals surface area contributed by atoms with Crippen LogP contribution in [0.5, 0.6) is 5.75 Å². The Kier molecular flexibility index (Phi) is 7.45. The van der Waals surface area contributed by atoms with Crippen molar-refractivity contribution in [1.82, 2.24) is 24.6 Å². The number of nitrogens with two attached hydrogens (primary N) is 1. The lowest BCUT2D eigenvalue weighted by Gasteiger charge is -2.24. The van der Waals surface area contributed by atoms with Crippen molar-refractivity contribution in [2.24, 2.45) is 5.73 Å². The van der Waals surface area contributed by atoms with E-state index in [2.05, 4.69) is 25.1 Å². The molecule has 0 unspecified atom stereocenters. The number of ether oxygens (including phenoxy) is 1. The van der Waals surface area contributed by atoms with Crippen LogP contribution < -0.4 is 15.8 Å². The molecule has 42 heavy (non-hydrogen) atoms. The van der Waals surface area contributed by atoms with Crippen LogP contribution >= 0.6 is 0 Å². The van der Waals surface area contributed by atoms with Gasteiger partial charge in [-0.15, -0.1) is 13.2 Å². The van der Waals surface area contributed by atoms with Gasteiger partial charge in [0, 0.05) is 29.8 Å². The van der Waals surface area contributed by atoms with Gasteiger partial charge in [0.15, 0.2) is 17.3 Å². The number of nitrogens with one attached hydrogen (secondary N) is 1. The Morgan fingerprint density at radius 2 is 1.83 bits per heavy atom. The number of anilines is 1. The number of hydrogen-bond acceptors (Lipinski definition) is 7. The Morgan fingerprint density at radius 1 is 1.10 bits per heavy atom. The van der Waals surface area contributed by atoms with Crippen molar-refractivity contribution in [3.8, 4) is 16.9 Å². The molecule has 2 aromatic heterocycles. The van der Waals surface area contributed by atoms with Crippen LogP contribution in [0.3, 0.4) is 0 Å². The van der Waals surface area contributed by atoms with E-state index in [1.807, 2.05) is 0 Å². The van der Waals surface area contributed by atoms with Crippen molar-refractivity contribution < 1.29 is 41.1 Å². The Bertz CT molecular complexity index is 1680.